The normalized spacial score (nSPS) is 11.3. The van der Waals surface area contributed by atoms with E-state index >= 15 is 0 Å². The molecule has 0 amide bonds. The molecule has 0 aliphatic carbocycles. The van der Waals surface area contributed by atoms with E-state index < -0.39 is 0 Å². The minimum atomic E-state index is -0.115. The second-order valence-corrected chi connectivity index (χ2v) is 7.12. The fraction of sp³-hybridized carbons (Fsp3) is 0.261. The standard InChI is InChI=1S/C23H24N4O2/c1-4-29-21-11-20-18(10-17(21)13-28)23(25-14-24-20)19-12-27(15(2)3)26-22(19)16-8-6-5-7-9-16/h5-12,14-15,28H,4,13H2,1-3H3. The van der Waals surface area contributed by atoms with Crippen molar-refractivity contribution in [3.63, 3.8) is 0 Å². The van der Waals surface area contributed by atoms with Crippen molar-refractivity contribution < 1.29 is 9.84 Å². The molecule has 4 aromatic rings. The summed E-state index contributed by atoms with van der Waals surface area (Å²) in [5, 5.41) is 15.5. The number of aliphatic hydroxyl groups excluding tert-OH is 1. The van der Waals surface area contributed by atoms with E-state index in [-0.39, 0.29) is 12.6 Å². The second-order valence-electron chi connectivity index (χ2n) is 7.12. The smallest absolute Gasteiger partial charge is 0.126 e. The van der Waals surface area contributed by atoms with Gasteiger partial charge in [-0.05, 0) is 26.8 Å². The summed E-state index contributed by atoms with van der Waals surface area (Å²) in [6, 6.07) is 14.1. The van der Waals surface area contributed by atoms with Gasteiger partial charge >= 0.3 is 0 Å². The van der Waals surface area contributed by atoms with Crippen LogP contribution in [0, 0.1) is 0 Å². The highest BCUT2D eigenvalue weighted by Gasteiger charge is 2.19. The third-order valence-corrected chi connectivity index (χ3v) is 4.85. The van der Waals surface area contributed by atoms with E-state index in [4.69, 9.17) is 9.84 Å². The molecule has 0 saturated carbocycles. The molecule has 148 valence electrons. The molecule has 0 unspecified atom stereocenters. The maximum absolute atomic E-state index is 9.84. The number of nitrogens with zero attached hydrogens (tertiary/aromatic N) is 4. The van der Waals surface area contributed by atoms with Crippen LogP contribution in [0.3, 0.4) is 0 Å². The molecule has 0 aliphatic rings. The SMILES string of the molecule is CCOc1cc2ncnc(-c3cn(C(C)C)nc3-c3ccccc3)c2cc1CO. The third-order valence-electron chi connectivity index (χ3n) is 4.85. The Morgan fingerprint density at radius 2 is 1.86 bits per heavy atom. The number of ether oxygens (including phenoxy) is 1. The number of aromatic nitrogens is 4. The molecule has 2 aromatic carbocycles. The van der Waals surface area contributed by atoms with E-state index in [1.54, 1.807) is 6.33 Å². The van der Waals surface area contributed by atoms with Crippen LogP contribution in [-0.4, -0.2) is 31.5 Å². The van der Waals surface area contributed by atoms with Gasteiger partial charge in [0.25, 0.3) is 0 Å². The monoisotopic (exact) mass is 388 g/mol. The van der Waals surface area contributed by atoms with Crippen molar-refractivity contribution in [3.05, 3.63) is 60.6 Å². The van der Waals surface area contributed by atoms with Crippen LogP contribution in [0.25, 0.3) is 33.4 Å². The van der Waals surface area contributed by atoms with E-state index in [0.29, 0.717) is 17.9 Å². The first-order chi connectivity index (χ1) is 14.1. The lowest BCUT2D eigenvalue weighted by Crippen LogP contribution is -2.00. The number of benzene rings is 2. The summed E-state index contributed by atoms with van der Waals surface area (Å²) >= 11 is 0. The molecule has 6 heteroatoms. The van der Waals surface area contributed by atoms with Crippen molar-refractivity contribution >= 4 is 10.9 Å². The zero-order valence-corrected chi connectivity index (χ0v) is 16.8. The average molecular weight is 388 g/mol. The van der Waals surface area contributed by atoms with Gasteiger partial charge in [-0.15, -0.1) is 0 Å². The van der Waals surface area contributed by atoms with Gasteiger partial charge in [-0.25, -0.2) is 9.97 Å². The van der Waals surface area contributed by atoms with Gasteiger partial charge in [0.05, 0.1) is 24.4 Å². The minimum Gasteiger partial charge on any atom is -0.493 e. The van der Waals surface area contributed by atoms with E-state index in [9.17, 15) is 5.11 Å². The van der Waals surface area contributed by atoms with Crippen molar-refractivity contribution in [3.8, 4) is 28.3 Å². The lowest BCUT2D eigenvalue weighted by molar-refractivity contribution is 0.267. The van der Waals surface area contributed by atoms with Gasteiger partial charge < -0.3 is 9.84 Å². The summed E-state index contributed by atoms with van der Waals surface area (Å²) in [6.07, 6.45) is 3.59. The topological polar surface area (TPSA) is 73.1 Å². The lowest BCUT2D eigenvalue weighted by Gasteiger charge is -2.12. The minimum absolute atomic E-state index is 0.115. The highest BCUT2D eigenvalue weighted by Crippen LogP contribution is 2.36. The largest absolute Gasteiger partial charge is 0.493 e. The van der Waals surface area contributed by atoms with Crippen LogP contribution in [0.2, 0.25) is 0 Å². The van der Waals surface area contributed by atoms with Gasteiger partial charge in [0.1, 0.15) is 17.8 Å². The molecule has 29 heavy (non-hydrogen) atoms. The van der Waals surface area contributed by atoms with Gasteiger partial charge in [0.15, 0.2) is 0 Å². The van der Waals surface area contributed by atoms with Crippen LogP contribution < -0.4 is 4.74 Å². The Hall–Kier alpha value is -3.25. The molecule has 2 aromatic heterocycles. The molecule has 0 fully saturated rings. The predicted molar refractivity (Wildman–Crippen MR) is 114 cm³/mol. The number of fused-ring (bicyclic) bond motifs is 1. The maximum atomic E-state index is 9.84. The number of aliphatic hydroxyl groups is 1. The van der Waals surface area contributed by atoms with E-state index in [1.165, 1.54) is 0 Å². The van der Waals surface area contributed by atoms with Crippen LogP contribution in [0.4, 0.5) is 0 Å². The average Bonchev–Trinajstić information content (AvgIpc) is 3.19. The molecular weight excluding hydrogens is 364 g/mol. The Kier molecular flexibility index (Phi) is 5.27. The summed E-state index contributed by atoms with van der Waals surface area (Å²) in [6.45, 7) is 6.53. The Labute approximate surface area is 169 Å². The van der Waals surface area contributed by atoms with Crippen LogP contribution in [0.1, 0.15) is 32.4 Å². The molecule has 0 bridgehead atoms. The molecule has 0 aliphatic heterocycles. The first-order valence-corrected chi connectivity index (χ1v) is 9.78. The highest BCUT2D eigenvalue weighted by molar-refractivity contribution is 5.96. The fourth-order valence-electron chi connectivity index (χ4n) is 3.40. The van der Waals surface area contributed by atoms with Crippen LogP contribution in [0.5, 0.6) is 5.75 Å². The van der Waals surface area contributed by atoms with E-state index in [0.717, 1.165) is 33.4 Å². The zero-order valence-electron chi connectivity index (χ0n) is 16.8. The zero-order chi connectivity index (χ0) is 20.4. The van der Waals surface area contributed by atoms with Crippen LogP contribution in [-0.2, 0) is 6.61 Å². The molecular formula is C23H24N4O2. The van der Waals surface area contributed by atoms with Gasteiger partial charge in [0.2, 0.25) is 0 Å². The van der Waals surface area contributed by atoms with Crippen molar-refractivity contribution in [2.45, 2.75) is 33.4 Å². The number of hydrogen-bond donors (Lipinski definition) is 1. The van der Waals surface area contributed by atoms with Gasteiger partial charge in [-0.1, -0.05) is 30.3 Å². The summed E-state index contributed by atoms with van der Waals surface area (Å²) in [4.78, 5) is 9.03. The summed E-state index contributed by atoms with van der Waals surface area (Å²) in [5.74, 6) is 0.647. The number of rotatable bonds is 6. The van der Waals surface area contributed by atoms with E-state index in [2.05, 4.69) is 23.8 Å². The summed E-state index contributed by atoms with van der Waals surface area (Å²) < 4.78 is 7.62. The Bertz CT molecular complexity index is 1140. The van der Waals surface area contributed by atoms with Crippen molar-refractivity contribution in [2.24, 2.45) is 0 Å². The first kappa shape index (κ1) is 19.1. The lowest BCUT2D eigenvalue weighted by atomic mass is 10.0. The molecule has 0 saturated heterocycles. The Balaban J connectivity index is 1.97. The summed E-state index contributed by atoms with van der Waals surface area (Å²) in [7, 11) is 0. The molecule has 0 radical (unpaired) electrons. The van der Waals surface area contributed by atoms with Crippen molar-refractivity contribution in [1.82, 2.24) is 19.7 Å². The summed E-state index contributed by atoms with van der Waals surface area (Å²) in [5.41, 5.74) is 5.12. The highest BCUT2D eigenvalue weighted by atomic mass is 16.5. The van der Waals surface area contributed by atoms with Gasteiger partial charge in [-0.3, -0.25) is 4.68 Å². The second kappa shape index (κ2) is 8.01. The number of hydrogen-bond acceptors (Lipinski definition) is 5. The molecule has 2 heterocycles. The van der Waals surface area contributed by atoms with Crippen molar-refractivity contribution in [2.75, 3.05) is 6.61 Å². The third kappa shape index (κ3) is 3.59. The first-order valence-electron chi connectivity index (χ1n) is 9.78. The van der Waals surface area contributed by atoms with E-state index in [1.807, 2.05) is 60.3 Å². The fourth-order valence-corrected chi connectivity index (χ4v) is 3.40. The predicted octanol–water partition coefficient (Wildman–Crippen LogP) is 4.63. The molecule has 6 nitrogen and oxygen atoms in total. The molecule has 0 spiro atoms. The van der Waals surface area contributed by atoms with Crippen LogP contribution >= 0.6 is 0 Å². The maximum Gasteiger partial charge on any atom is 0.126 e. The van der Waals surface area contributed by atoms with Crippen molar-refractivity contribution in [1.29, 1.82) is 0 Å². The molecule has 0 atom stereocenters. The van der Waals surface area contributed by atoms with Gasteiger partial charge in [-0.2, -0.15) is 5.10 Å². The van der Waals surface area contributed by atoms with Crippen LogP contribution in [0.15, 0.2) is 55.0 Å². The Morgan fingerprint density at radius 1 is 1.07 bits per heavy atom. The van der Waals surface area contributed by atoms with Gasteiger partial charge in [0, 0.05) is 40.4 Å². The Morgan fingerprint density at radius 3 is 2.55 bits per heavy atom. The molecule has 4 rings (SSSR count). The quantitative estimate of drug-likeness (QED) is 0.521. The molecule has 1 N–H and O–H groups in total.